The molecule has 0 heterocycles. The van der Waals surface area contributed by atoms with Crippen LogP contribution in [-0.4, -0.2) is 26.7 Å². The molecular weight excluding hydrogens is 561 g/mol. The number of nitrogens with one attached hydrogen (secondary N) is 1. The molecule has 5 atom stereocenters. The highest BCUT2D eigenvalue weighted by atomic mass is 27.2. The third-order valence-electron chi connectivity index (χ3n) is 9.70. The Bertz CT molecular complexity index is 787. The lowest BCUT2D eigenvalue weighted by atomic mass is 10.1. The molecule has 0 aromatic heterocycles. The van der Waals surface area contributed by atoms with Gasteiger partial charge >= 0.3 is 0 Å². The standard InChI is InChI=1S/C13H17F4N.4C6H13.Al/c1-3-4-5-6-7-18(2)10-8-9(14)11(15)13(17)12(10)16;4*1-4-5-6(2)3;/h8H,3-7H2,1-2H3;4*6H,2,4-5H2,1,3H3;/q;;;;;-1/p+1. The van der Waals surface area contributed by atoms with E-state index in [4.69, 9.17) is 0 Å². The summed E-state index contributed by atoms with van der Waals surface area (Å²) < 4.78 is 52.3. The fraction of sp³-hybridized carbons (Fsp3) is 0.838. The molecule has 0 aliphatic carbocycles. The van der Waals surface area contributed by atoms with Crippen molar-refractivity contribution >= 4 is 18.8 Å². The first-order chi connectivity index (χ1) is 20.3. The van der Waals surface area contributed by atoms with Crippen molar-refractivity contribution in [2.45, 2.75) is 160 Å². The van der Waals surface area contributed by atoms with E-state index in [0.29, 0.717) is 11.4 Å². The second-order valence-electron chi connectivity index (χ2n) is 14.7. The van der Waals surface area contributed by atoms with Crippen molar-refractivity contribution in [3.63, 3.8) is 0 Å². The highest BCUT2D eigenvalue weighted by Crippen LogP contribution is 2.41. The topological polar surface area (TPSA) is 4.44 Å². The van der Waals surface area contributed by atoms with Crippen molar-refractivity contribution in [1.29, 1.82) is 0 Å². The Morgan fingerprint density at radius 1 is 0.558 bits per heavy atom. The molecule has 0 radical (unpaired) electrons. The molecule has 0 aliphatic heterocycles. The van der Waals surface area contributed by atoms with Crippen molar-refractivity contribution in [1.82, 2.24) is 0 Å². The maximum Gasteiger partial charge on any atom is 0.222 e. The van der Waals surface area contributed by atoms with Gasteiger partial charge in [0.05, 0.1) is 13.6 Å². The van der Waals surface area contributed by atoms with Crippen LogP contribution in [0.15, 0.2) is 6.07 Å². The molecule has 1 rings (SSSR count). The molecule has 0 aliphatic rings. The second-order valence-corrected chi connectivity index (χ2v) is 20.0. The Kier molecular flexibility index (Phi) is 23.4. The van der Waals surface area contributed by atoms with E-state index in [9.17, 15) is 17.6 Å². The quantitative estimate of drug-likeness (QED) is 0.0427. The highest BCUT2D eigenvalue weighted by Gasteiger charge is 2.34. The van der Waals surface area contributed by atoms with Crippen LogP contribution in [-0.2, 0) is 0 Å². The summed E-state index contributed by atoms with van der Waals surface area (Å²) in [6, 6.07) is 0.725. The Morgan fingerprint density at radius 2 is 0.953 bits per heavy atom. The van der Waals surface area contributed by atoms with Crippen LogP contribution in [0.1, 0.15) is 139 Å². The third kappa shape index (κ3) is 17.1. The summed E-state index contributed by atoms with van der Waals surface area (Å²) in [6.45, 7) is 22.4. The summed E-state index contributed by atoms with van der Waals surface area (Å²) in [5.41, 5.74) is -0.164. The van der Waals surface area contributed by atoms with Crippen LogP contribution in [0.5, 0.6) is 0 Å². The average molecular weight is 632 g/mol. The first-order valence-corrected chi connectivity index (χ1v) is 21.4. The van der Waals surface area contributed by atoms with E-state index >= 15 is 0 Å². The number of hydrogen-bond donors (Lipinski definition) is 1. The van der Waals surface area contributed by atoms with Gasteiger partial charge in [0, 0.05) is 6.07 Å². The second kappa shape index (κ2) is 23.7. The van der Waals surface area contributed by atoms with E-state index in [-0.39, 0.29) is 5.69 Å². The lowest BCUT2D eigenvalue weighted by molar-refractivity contribution is -0.811. The van der Waals surface area contributed by atoms with Gasteiger partial charge in [0.2, 0.25) is 11.6 Å². The van der Waals surface area contributed by atoms with E-state index in [0.717, 1.165) is 55.4 Å². The van der Waals surface area contributed by atoms with Gasteiger partial charge in [-0.1, -0.05) is 150 Å². The SMILES string of the molecule is CCCC(C)[CH2][Al-]([CH2]C(C)CCC)([CH2]C(C)CCC)[CH2]C(C)CCC.CCCCCC[NH+](C)c1cc(F)c(F)c(F)c1F. The van der Waals surface area contributed by atoms with Crippen LogP contribution in [0, 0.1) is 46.9 Å². The molecule has 6 heteroatoms. The van der Waals surface area contributed by atoms with Crippen LogP contribution in [0.25, 0.3) is 0 Å². The average Bonchev–Trinajstić information content (AvgIpc) is 2.92. The summed E-state index contributed by atoms with van der Waals surface area (Å²) in [5.74, 6) is -2.29. The summed E-state index contributed by atoms with van der Waals surface area (Å²) in [7, 11) is 1.61. The molecule has 0 saturated carbocycles. The summed E-state index contributed by atoms with van der Waals surface area (Å²) >= 11 is -1.55. The minimum Gasteiger partial charge on any atom is -0.302 e. The molecule has 0 amide bonds. The molecule has 1 aromatic carbocycles. The molecule has 1 nitrogen and oxygen atoms in total. The number of unbranched alkanes of at least 4 members (excludes halogenated alkanes) is 3. The fourth-order valence-electron chi connectivity index (χ4n) is 8.27. The number of halogens is 4. The maximum absolute atomic E-state index is 13.5. The smallest absolute Gasteiger partial charge is 0.222 e. The number of quaternary nitrogens is 1. The Morgan fingerprint density at radius 3 is 1.30 bits per heavy atom. The van der Waals surface area contributed by atoms with Crippen LogP contribution >= 0.6 is 0 Å². The van der Waals surface area contributed by atoms with Gasteiger partial charge in [-0.05, 0) is 12.8 Å². The van der Waals surface area contributed by atoms with Gasteiger partial charge in [-0.15, -0.1) is 0 Å². The Balaban J connectivity index is 0.000000862. The molecule has 254 valence electrons. The Hall–Kier alpha value is -0.568. The molecule has 1 N–H and O–H groups in total. The van der Waals surface area contributed by atoms with Gasteiger partial charge in [0.15, 0.2) is 17.3 Å². The van der Waals surface area contributed by atoms with Crippen molar-refractivity contribution in [3.05, 3.63) is 29.3 Å². The molecule has 0 spiro atoms. The summed E-state index contributed by atoms with van der Waals surface area (Å²) in [5, 5.41) is 6.54. The summed E-state index contributed by atoms with van der Waals surface area (Å²) in [6.07, 6.45) is 15.3. The number of benzene rings is 1. The van der Waals surface area contributed by atoms with Crippen LogP contribution in [0.3, 0.4) is 0 Å². The lowest BCUT2D eigenvalue weighted by Crippen LogP contribution is -3.04. The van der Waals surface area contributed by atoms with Crippen LogP contribution in [0.4, 0.5) is 23.2 Å². The predicted octanol–water partition coefficient (Wildman–Crippen LogP) is 12.1. The van der Waals surface area contributed by atoms with Gasteiger partial charge in [-0.25, -0.2) is 13.2 Å². The molecule has 0 bridgehead atoms. The zero-order valence-electron chi connectivity index (χ0n) is 30.0. The zero-order chi connectivity index (χ0) is 33.0. The van der Waals surface area contributed by atoms with Gasteiger partial charge < -0.3 is 4.90 Å². The predicted molar refractivity (Wildman–Crippen MR) is 183 cm³/mol. The zero-order valence-corrected chi connectivity index (χ0v) is 31.2. The molecule has 43 heavy (non-hydrogen) atoms. The highest BCUT2D eigenvalue weighted by molar-refractivity contribution is 6.80. The van der Waals surface area contributed by atoms with Crippen molar-refractivity contribution in [2.24, 2.45) is 23.7 Å². The molecular formula is C37H70AlF4N. The van der Waals surface area contributed by atoms with Crippen LogP contribution in [0.2, 0.25) is 21.1 Å². The molecule has 0 fully saturated rings. The van der Waals surface area contributed by atoms with Gasteiger partial charge in [0.25, 0.3) is 0 Å². The van der Waals surface area contributed by atoms with Gasteiger partial charge in [-0.3, -0.25) is 0 Å². The molecule has 0 saturated heterocycles. The van der Waals surface area contributed by atoms with Crippen molar-refractivity contribution in [2.75, 3.05) is 13.6 Å². The van der Waals surface area contributed by atoms with E-state index in [1.54, 1.807) is 28.2 Å². The summed E-state index contributed by atoms with van der Waals surface area (Å²) in [4.78, 5) is 0.543. The van der Waals surface area contributed by atoms with Crippen molar-refractivity contribution in [3.8, 4) is 0 Å². The van der Waals surface area contributed by atoms with Gasteiger partial charge in [-0.2, -0.15) is 25.5 Å². The third-order valence-corrected chi connectivity index (χ3v) is 16.9. The van der Waals surface area contributed by atoms with E-state index in [1.165, 1.54) is 51.4 Å². The minimum atomic E-state index is -1.75. The molecule has 1 aromatic rings. The first-order valence-electron chi connectivity index (χ1n) is 18.2. The van der Waals surface area contributed by atoms with E-state index in [1.807, 2.05) is 0 Å². The lowest BCUT2D eigenvalue weighted by Gasteiger charge is -2.44. The number of rotatable bonds is 22. The first kappa shape index (κ1) is 42.4. The van der Waals surface area contributed by atoms with Crippen molar-refractivity contribution < 1.29 is 22.5 Å². The van der Waals surface area contributed by atoms with Gasteiger partial charge in [0.1, 0.15) is 13.1 Å². The normalized spacial score (nSPS) is 16.5. The maximum atomic E-state index is 13.5. The monoisotopic (exact) mass is 632 g/mol. The fourth-order valence-corrected chi connectivity index (χ4v) is 17.2. The van der Waals surface area contributed by atoms with E-state index < -0.39 is 36.3 Å². The minimum absolute atomic E-state index is 0.164. The Labute approximate surface area is 267 Å². The largest absolute Gasteiger partial charge is 0.302 e. The van der Waals surface area contributed by atoms with E-state index in [2.05, 4.69) is 62.3 Å². The van der Waals surface area contributed by atoms with Crippen LogP contribution < -0.4 is 4.90 Å². The number of hydrogen-bond acceptors (Lipinski definition) is 0. The molecule has 5 unspecified atom stereocenters.